The number of hydrogen-bond acceptors (Lipinski definition) is 8. The number of amides is 2. The fourth-order valence-corrected chi connectivity index (χ4v) is 7.16. The number of benzene rings is 4. The number of hydrogen-bond donors (Lipinski definition) is 2. The van der Waals surface area contributed by atoms with Gasteiger partial charge in [0.1, 0.15) is 31.6 Å². The van der Waals surface area contributed by atoms with Gasteiger partial charge in [0, 0.05) is 94.8 Å². The number of carbonyl (C=O) groups is 4. The second-order valence-corrected chi connectivity index (χ2v) is 14.8. The van der Waals surface area contributed by atoms with Crippen molar-refractivity contribution in [2.24, 2.45) is 0 Å². The van der Waals surface area contributed by atoms with Crippen LogP contribution >= 0.6 is 0 Å². The van der Waals surface area contributed by atoms with Crippen molar-refractivity contribution in [2.75, 3.05) is 31.6 Å². The summed E-state index contributed by atoms with van der Waals surface area (Å²) < 4.78 is 16.7. The molecule has 1 atom stereocenters. The molecule has 4 aromatic carbocycles. The summed E-state index contributed by atoms with van der Waals surface area (Å²) in [6.07, 6.45) is 8.19. The Morgan fingerprint density at radius 2 is 1.21 bits per heavy atom. The maximum absolute atomic E-state index is 13.3. The molecule has 0 spiro atoms. The number of fused-ring (bicyclic) bond motifs is 3. The van der Waals surface area contributed by atoms with Gasteiger partial charge in [0.2, 0.25) is 0 Å². The molecule has 0 bridgehead atoms. The highest BCUT2D eigenvalue weighted by atomic mass is 16.6. The molecule has 1 aliphatic carbocycles. The summed E-state index contributed by atoms with van der Waals surface area (Å²) in [6, 6.07) is 27.4. The normalized spacial score (nSPS) is 11.5. The molecule has 10 heteroatoms. The number of nitrogens with one attached hydrogen (secondary N) is 2. The van der Waals surface area contributed by atoms with E-state index in [1.54, 1.807) is 36.4 Å². The molecule has 70 heavy (non-hydrogen) atoms. The average Bonchev–Trinajstić information content (AvgIpc) is 4.00. The Morgan fingerprint density at radius 1 is 0.657 bits per heavy atom. The molecule has 0 saturated carbocycles. The number of likely N-dealkylation sites (tertiary alicyclic amines) is 1. The lowest BCUT2D eigenvalue weighted by Crippen LogP contribution is -2.43. The first-order valence-electron chi connectivity index (χ1n) is 21.5. The van der Waals surface area contributed by atoms with Crippen LogP contribution in [0.5, 0.6) is 5.75 Å². The van der Waals surface area contributed by atoms with Crippen LogP contribution in [0.4, 0.5) is 10.5 Å². The van der Waals surface area contributed by atoms with Crippen LogP contribution in [0.1, 0.15) is 51.4 Å². The molecule has 10 nitrogen and oxygen atoms in total. The summed E-state index contributed by atoms with van der Waals surface area (Å²) in [6.45, 7) is 2.02. The van der Waals surface area contributed by atoms with E-state index in [-0.39, 0.29) is 38.0 Å². The Hall–Kier alpha value is -10.5. The molecule has 1 saturated heterocycles. The fourth-order valence-electron chi connectivity index (χ4n) is 7.16. The van der Waals surface area contributed by atoms with Crippen molar-refractivity contribution in [1.29, 1.82) is 0 Å². The quantitative estimate of drug-likeness (QED) is 0.134. The van der Waals surface area contributed by atoms with Gasteiger partial charge in [-0.3, -0.25) is 19.3 Å². The van der Waals surface area contributed by atoms with E-state index in [1.165, 1.54) is 4.90 Å². The lowest BCUT2D eigenvalue weighted by Gasteiger charge is -2.24. The van der Waals surface area contributed by atoms with Gasteiger partial charge in [-0.05, 0) is 137 Å². The smallest absolute Gasteiger partial charge is 0.410 e. The van der Waals surface area contributed by atoms with Crippen LogP contribution < -0.4 is 15.4 Å². The van der Waals surface area contributed by atoms with Crippen molar-refractivity contribution in [1.82, 2.24) is 10.2 Å². The monoisotopic (exact) mass is 911 g/mol. The van der Waals surface area contributed by atoms with Gasteiger partial charge in [-0.25, -0.2) is 4.79 Å². The summed E-state index contributed by atoms with van der Waals surface area (Å²) in [5.41, 5.74) is 6.92. The SMILES string of the molecule is C#CC#CC#CC#CC#CC#CC#CC#CC#CC#CC#COc1cc(C)cc(COC(=O)CNC(=O)c2ccc(NCC(=O)[C@@H]3CCCN3C(=O)OCC3c4ccccc4-c4ccccc43)cc2)c1. The van der Waals surface area contributed by atoms with Gasteiger partial charge in [0.25, 0.3) is 5.91 Å². The van der Waals surface area contributed by atoms with Crippen molar-refractivity contribution in [2.45, 2.75) is 38.3 Å². The molecule has 0 unspecified atom stereocenters. The first-order valence-corrected chi connectivity index (χ1v) is 21.5. The van der Waals surface area contributed by atoms with Gasteiger partial charge >= 0.3 is 12.1 Å². The molecular weight excluding hydrogens is 875 g/mol. The standard InChI is InChI=1S/C60H37N3O7/c1-3-4-5-6-7-8-9-10-11-12-13-14-15-16-17-18-19-20-21-26-38-68-50-40-46(2)39-47(41-50)44-69-58(65)43-62-59(66)48-33-35-49(36-34-48)61-42-57(64)56-32-27-37-63(56)60(67)70-45-55-53-30-24-22-28-51(53)52-29-23-25-31-54(52)55/h1,22-25,28-31,33-36,39-41,55-56,61H,27,32,37,42-45H2,2H3,(H,62,66)/t56-/m0/s1. The van der Waals surface area contributed by atoms with Crippen molar-refractivity contribution in [3.8, 4) is 148 Å². The summed E-state index contributed by atoms with van der Waals surface area (Å²) in [5.74, 6) is 48.5. The lowest BCUT2D eigenvalue weighted by atomic mass is 9.98. The Bertz CT molecular complexity index is 3380. The van der Waals surface area contributed by atoms with Crippen LogP contribution in [0.15, 0.2) is 91.0 Å². The number of ketones is 1. The molecule has 1 fully saturated rings. The molecule has 0 aromatic heterocycles. The Morgan fingerprint density at radius 3 is 1.80 bits per heavy atom. The first kappa shape index (κ1) is 49.0. The first-order chi connectivity index (χ1) is 34.3. The predicted molar refractivity (Wildman–Crippen MR) is 265 cm³/mol. The molecule has 2 aliphatic rings. The lowest BCUT2D eigenvalue weighted by molar-refractivity contribution is -0.143. The van der Waals surface area contributed by atoms with Gasteiger partial charge in [-0.15, -0.1) is 6.42 Å². The highest BCUT2D eigenvalue weighted by molar-refractivity contribution is 5.96. The van der Waals surface area contributed by atoms with Crippen LogP contribution in [0.25, 0.3) is 11.1 Å². The zero-order valence-corrected chi connectivity index (χ0v) is 37.6. The Balaban J connectivity index is 0.873. The van der Waals surface area contributed by atoms with E-state index in [0.717, 1.165) is 27.8 Å². The van der Waals surface area contributed by atoms with Crippen molar-refractivity contribution < 1.29 is 33.4 Å². The number of ether oxygens (including phenoxy) is 3. The topological polar surface area (TPSA) is 123 Å². The van der Waals surface area contributed by atoms with Gasteiger partial charge in [-0.1, -0.05) is 54.6 Å². The van der Waals surface area contributed by atoms with Crippen LogP contribution in [-0.2, 0) is 25.7 Å². The minimum Gasteiger partial charge on any atom is -0.460 e. The maximum atomic E-state index is 13.3. The van der Waals surface area contributed by atoms with Crippen LogP contribution in [0.2, 0.25) is 0 Å². The molecule has 4 aromatic rings. The molecule has 1 heterocycles. The number of Topliss-reactive ketones (excluding diaryl/α,β-unsaturated/α-hetero) is 1. The highest BCUT2D eigenvalue weighted by Gasteiger charge is 2.36. The summed E-state index contributed by atoms with van der Waals surface area (Å²) >= 11 is 0. The van der Waals surface area contributed by atoms with E-state index >= 15 is 0 Å². The van der Waals surface area contributed by atoms with E-state index in [1.807, 2.05) is 37.3 Å². The second-order valence-electron chi connectivity index (χ2n) is 14.8. The predicted octanol–water partition coefficient (Wildman–Crippen LogP) is 5.87. The number of rotatable bonds is 12. The number of nitrogens with zero attached hydrogens (tertiary/aromatic N) is 1. The zero-order valence-electron chi connectivity index (χ0n) is 37.6. The van der Waals surface area contributed by atoms with E-state index in [0.29, 0.717) is 42.0 Å². The summed E-state index contributed by atoms with van der Waals surface area (Å²) in [5, 5.41) is 5.65. The van der Waals surface area contributed by atoms with Crippen LogP contribution in [0, 0.1) is 138 Å². The number of terminal acetylenes is 1. The van der Waals surface area contributed by atoms with Crippen molar-refractivity contribution >= 4 is 29.4 Å². The minimum absolute atomic E-state index is 0.0180. The van der Waals surface area contributed by atoms with Gasteiger partial charge in [0.15, 0.2) is 5.78 Å². The fraction of sp³-hybridized carbons (Fsp3) is 0.167. The van der Waals surface area contributed by atoms with Crippen LogP contribution in [0.3, 0.4) is 0 Å². The third-order valence-electron chi connectivity index (χ3n) is 10.1. The number of carbonyl (C=O) groups excluding carboxylic acids is 4. The van der Waals surface area contributed by atoms with E-state index in [9.17, 15) is 19.2 Å². The third-order valence-corrected chi connectivity index (χ3v) is 10.1. The molecule has 2 N–H and O–H groups in total. The summed E-state index contributed by atoms with van der Waals surface area (Å²) in [7, 11) is 0. The number of anilines is 1. The number of esters is 1. The maximum Gasteiger partial charge on any atom is 0.410 e. The zero-order chi connectivity index (χ0) is 49.2. The molecular formula is C60H37N3O7. The van der Waals surface area contributed by atoms with Crippen LogP contribution in [-0.4, -0.2) is 60.9 Å². The van der Waals surface area contributed by atoms with Gasteiger partial charge < -0.3 is 24.8 Å². The molecule has 0 radical (unpaired) electrons. The Kier molecular flexibility index (Phi) is 18.5. The van der Waals surface area contributed by atoms with Gasteiger partial charge in [-0.2, -0.15) is 0 Å². The second kappa shape index (κ2) is 26.5. The number of aryl methyl sites for hydroxylation is 1. The van der Waals surface area contributed by atoms with E-state index in [4.69, 9.17) is 20.6 Å². The third kappa shape index (κ3) is 15.0. The van der Waals surface area contributed by atoms with Gasteiger partial charge in [0.05, 0.1) is 12.6 Å². The minimum atomic E-state index is -0.644. The summed E-state index contributed by atoms with van der Waals surface area (Å²) in [4.78, 5) is 53.5. The molecule has 1 aliphatic heterocycles. The highest BCUT2D eigenvalue weighted by Crippen LogP contribution is 2.44. The molecule has 2 amide bonds. The molecule has 334 valence electrons. The Labute approximate surface area is 408 Å². The van der Waals surface area contributed by atoms with Crippen molar-refractivity contribution in [3.63, 3.8) is 0 Å². The van der Waals surface area contributed by atoms with Crippen molar-refractivity contribution in [3.05, 3.63) is 119 Å². The van der Waals surface area contributed by atoms with E-state index in [2.05, 4.69) is 159 Å². The largest absolute Gasteiger partial charge is 0.460 e. The molecule has 6 rings (SSSR count). The van der Waals surface area contributed by atoms with E-state index < -0.39 is 24.0 Å². The average molecular weight is 912 g/mol.